The van der Waals surface area contributed by atoms with E-state index in [9.17, 15) is 0 Å². The first-order valence-corrected chi connectivity index (χ1v) is 4.80. The number of aryl methyl sites for hydroxylation is 1. The van der Waals surface area contributed by atoms with Crippen molar-refractivity contribution in [3.63, 3.8) is 0 Å². The standard InChI is InChI=1S/C10H17N5/c1-5-9-12-10(14(3)4)13-15(9)7-6-8(2)11/h6-7H,2,5,11H2,1,3-4H3/b7-6-. The number of rotatable bonds is 4. The Morgan fingerprint density at radius 1 is 1.60 bits per heavy atom. The zero-order valence-electron chi connectivity index (χ0n) is 9.44. The van der Waals surface area contributed by atoms with E-state index in [2.05, 4.69) is 16.7 Å². The van der Waals surface area contributed by atoms with Gasteiger partial charge >= 0.3 is 0 Å². The van der Waals surface area contributed by atoms with Crippen molar-refractivity contribution >= 4 is 12.1 Å². The SMILES string of the molecule is C=C(N)/C=C\n1nc(N(C)C)nc1CC. The second-order valence-corrected chi connectivity index (χ2v) is 3.41. The fourth-order valence-corrected chi connectivity index (χ4v) is 1.06. The summed E-state index contributed by atoms with van der Waals surface area (Å²) in [5, 5.41) is 4.30. The molecule has 0 fully saturated rings. The maximum atomic E-state index is 5.45. The summed E-state index contributed by atoms with van der Waals surface area (Å²) in [5.41, 5.74) is 5.94. The van der Waals surface area contributed by atoms with Crippen molar-refractivity contribution in [1.29, 1.82) is 0 Å². The van der Waals surface area contributed by atoms with Crippen LogP contribution in [0.5, 0.6) is 0 Å². The molecule has 0 saturated carbocycles. The molecule has 5 nitrogen and oxygen atoms in total. The molecule has 15 heavy (non-hydrogen) atoms. The number of nitrogens with zero attached hydrogens (tertiary/aromatic N) is 4. The normalized spacial score (nSPS) is 10.9. The molecule has 1 rings (SSSR count). The summed E-state index contributed by atoms with van der Waals surface area (Å²) in [6.45, 7) is 5.62. The predicted molar refractivity (Wildman–Crippen MR) is 62.4 cm³/mol. The van der Waals surface area contributed by atoms with Crippen LogP contribution in [0.25, 0.3) is 6.20 Å². The molecule has 0 atom stereocenters. The van der Waals surface area contributed by atoms with Crippen LogP contribution in [0.3, 0.4) is 0 Å². The van der Waals surface area contributed by atoms with Crippen molar-refractivity contribution < 1.29 is 0 Å². The Morgan fingerprint density at radius 3 is 2.73 bits per heavy atom. The molecule has 0 aromatic carbocycles. The van der Waals surface area contributed by atoms with Gasteiger partial charge in [-0.25, -0.2) is 4.68 Å². The van der Waals surface area contributed by atoms with E-state index in [1.165, 1.54) is 0 Å². The summed E-state index contributed by atoms with van der Waals surface area (Å²) >= 11 is 0. The average molecular weight is 207 g/mol. The molecular weight excluding hydrogens is 190 g/mol. The van der Waals surface area contributed by atoms with Gasteiger partial charge in [-0.05, 0) is 6.08 Å². The summed E-state index contributed by atoms with van der Waals surface area (Å²) in [6.07, 6.45) is 4.29. The molecule has 0 aliphatic heterocycles. The van der Waals surface area contributed by atoms with Gasteiger partial charge in [0.25, 0.3) is 0 Å². The third-order valence-electron chi connectivity index (χ3n) is 1.84. The molecule has 5 heteroatoms. The van der Waals surface area contributed by atoms with Crippen molar-refractivity contribution in [3.05, 3.63) is 24.2 Å². The van der Waals surface area contributed by atoms with Crippen LogP contribution >= 0.6 is 0 Å². The Labute approximate surface area is 89.9 Å². The van der Waals surface area contributed by atoms with Gasteiger partial charge in [0.1, 0.15) is 5.82 Å². The molecule has 0 unspecified atom stereocenters. The average Bonchev–Trinajstić information content (AvgIpc) is 2.57. The molecule has 1 heterocycles. The van der Waals surface area contributed by atoms with Crippen LogP contribution in [0.1, 0.15) is 12.7 Å². The van der Waals surface area contributed by atoms with E-state index in [-0.39, 0.29) is 0 Å². The summed E-state index contributed by atoms with van der Waals surface area (Å²) in [7, 11) is 3.81. The Balaban J connectivity index is 3.00. The van der Waals surface area contributed by atoms with E-state index < -0.39 is 0 Å². The van der Waals surface area contributed by atoms with E-state index in [0.29, 0.717) is 11.6 Å². The van der Waals surface area contributed by atoms with Gasteiger partial charge < -0.3 is 10.6 Å². The van der Waals surface area contributed by atoms with Crippen LogP contribution in [0.4, 0.5) is 5.95 Å². The largest absolute Gasteiger partial charge is 0.399 e. The van der Waals surface area contributed by atoms with E-state index in [4.69, 9.17) is 5.73 Å². The van der Waals surface area contributed by atoms with Crippen LogP contribution in [0.2, 0.25) is 0 Å². The Bertz CT molecular complexity index is 375. The number of aromatic nitrogens is 3. The minimum atomic E-state index is 0.499. The maximum absolute atomic E-state index is 5.45. The first-order valence-electron chi connectivity index (χ1n) is 4.80. The third-order valence-corrected chi connectivity index (χ3v) is 1.84. The first kappa shape index (κ1) is 11.3. The topological polar surface area (TPSA) is 60.0 Å². The summed E-state index contributed by atoms with van der Waals surface area (Å²) < 4.78 is 1.72. The lowest BCUT2D eigenvalue weighted by Crippen LogP contribution is -2.10. The highest BCUT2D eigenvalue weighted by Crippen LogP contribution is 2.07. The van der Waals surface area contributed by atoms with Crippen LogP contribution in [-0.2, 0) is 6.42 Å². The lowest BCUT2D eigenvalue weighted by atomic mass is 10.4. The van der Waals surface area contributed by atoms with Crippen molar-refractivity contribution in [3.8, 4) is 0 Å². The molecule has 0 radical (unpaired) electrons. The lowest BCUT2D eigenvalue weighted by molar-refractivity contribution is 0.837. The summed E-state index contributed by atoms with van der Waals surface area (Å²) in [4.78, 5) is 6.22. The van der Waals surface area contributed by atoms with Crippen LogP contribution in [0.15, 0.2) is 18.4 Å². The van der Waals surface area contributed by atoms with E-state index in [0.717, 1.165) is 12.2 Å². The second kappa shape index (κ2) is 4.63. The van der Waals surface area contributed by atoms with E-state index in [1.54, 1.807) is 17.0 Å². The predicted octanol–water partition coefficient (Wildman–Crippen LogP) is 0.850. The molecule has 0 saturated heterocycles. The van der Waals surface area contributed by atoms with Gasteiger partial charge in [0.05, 0.1) is 0 Å². The molecule has 2 N–H and O–H groups in total. The number of allylic oxidation sites excluding steroid dienone is 1. The van der Waals surface area contributed by atoms with Gasteiger partial charge in [0.2, 0.25) is 5.95 Å². The van der Waals surface area contributed by atoms with Crippen molar-refractivity contribution in [1.82, 2.24) is 14.8 Å². The zero-order valence-corrected chi connectivity index (χ0v) is 9.44. The maximum Gasteiger partial charge on any atom is 0.244 e. The minimum absolute atomic E-state index is 0.499. The highest BCUT2D eigenvalue weighted by Gasteiger charge is 2.07. The van der Waals surface area contributed by atoms with Crippen molar-refractivity contribution in [2.75, 3.05) is 19.0 Å². The Hall–Kier alpha value is -1.78. The monoisotopic (exact) mass is 207 g/mol. The molecular formula is C10H17N5. The molecule has 0 aliphatic rings. The van der Waals surface area contributed by atoms with Crippen LogP contribution in [0, 0.1) is 0 Å². The zero-order chi connectivity index (χ0) is 11.4. The van der Waals surface area contributed by atoms with Gasteiger partial charge in [0, 0.05) is 32.4 Å². The number of hydrogen-bond donors (Lipinski definition) is 1. The molecule has 1 aromatic rings. The molecule has 82 valence electrons. The number of nitrogens with two attached hydrogens (primary N) is 1. The highest BCUT2D eigenvalue weighted by atomic mass is 15.4. The molecule has 0 spiro atoms. The third kappa shape index (κ3) is 2.83. The highest BCUT2D eigenvalue weighted by molar-refractivity contribution is 5.35. The number of hydrogen-bond acceptors (Lipinski definition) is 4. The fraction of sp³-hybridized carbons (Fsp3) is 0.400. The second-order valence-electron chi connectivity index (χ2n) is 3.41. The minimum Gasteiger partial charge on any atom is -0.399 e. The quantitative estimate of drug-likeness (QED) is 0.744. The summed E-state index contributed by atoms with van der Waals surface area (Å²) in [6, 6.07) is 0. The first-order chi connectivity index (χ1) is 7.04. The van der Waals surface area contributed by atoms with Gasteiger partial charge in [-0.15, -0.1) is 5.10 Å². The van der Waals surface area contributed by atoms with Gasteiger partial charge in [-0.3, -0.25) is 0 Å². The summed E-state index contributed by atoms with van der Waals surface area (Å²) in [5.74, 6) is 1.59. The molecule has 0 aliphatic carbocycles. The van der Waals surface area contributed by atoms with Crippen molar-refractivity contribution in [2.45, 2.75) is 13.3 Å². The molecule has 0 bridgehead atoms. The van der Waals surface area contributed by atoms with E-state index in [1.807, 2.05) is 25.9 Å². The Morgan fingerprint density at radius 2 is 2.27 bits per heavy atom. The fourth-order valence-electron chi connectivity index (χ4n) is 1.06. The van der Waals surface area contributed by atoms with E-state index >= 15 is 0 Å². The van der Waals surface area contributed by atoms with Gasteiger partial charge in [0.15, 0.2) is 0 Å². The molecule has 0 amide bonds. The lowest BCUT2D eigenvalue weighted by Gasteiger charge is -2.03. The van der Waals surface area contributed by atoms with Crippen molar-refractivity contribution in [2.24, 2.45) is 5.73 Å². The number of anilines is 1. The smallest absolute Gasteiger partial charge is 0.244 e. The van der Waals surface area contributed by atoms with Gasteiger partial charge in [-0.1, -0.05) is 13.5 Å². The van der Waals surface area contributed by atoms with Crippen LogP contribution in [-0.4, -0.2) is 28.9 Å². The molecule has 1 aromatic heterocycles. The Kier molecular flexibility index (Phi) is 3.49. The van der Waals surface area contributed by atoms with Crippen LogP contribution < -0.4 is 10.6 Å². The van der Waals surface area contributed by atoms with Gasteiger partial charge in [-0.2, -0.15) is 4.98 Å².